The molecule has 0 aromatic heterocycles. The predicted molar refractivity (Wildman–Crippen MR) is 82.1 cm³/mol. The van der Waals surface area contributed by atoms with Gasteiger partial charge >= 0.3 is 0 Å². The van der Waals surface area contributed by atoms with Gasteiger partial charge in [-0.1, -0.05) is 20.8 Å². The van der Waals surface area contributed by atoms with Gasteiger partial charge in [0.15, 0.2) is 0 Å². The number of unbranched alkanes of at least 4 members (excludes halogenated alkanes) is 1. The molecule has 114 valence electrons. The number of rotatable bonds is 11. The SMILES string of the molecule is CCNC(C)(CCCCN(CC)C(C)CC)C(N)=O. The Kier molecular flexibility index (Phi) is 9.02. The average molecular weight is 271 g/mol. The van der Waals surface area contributed by atoms with Gasteiger partial charge in [0.05, 0.1) is 5.54 Å². The molecule has 0 fully saturated rings. The Balaban J connectivity index is 4.10. The van der Waals surface area contributed by atoms with E-state index in [-0.39, 0.29) is 5.91 Å². The predicted octanol–water partition coefficient (Wildman–Crippen LogP) is 2.13. The molecule has 0 heterocycles. The van der Waals surface area contributed by atoms with Crippen LogP contribution in [0.25, 0.3) is 0 Å². The summed E-state index contributed by atoms with van der Waals surface area (Å²) in [5.41, 5.74) is 4.93. The first-order valence-corrected chi connectivity index (χ1v) is 7.70. The number of carbonyl (C=O) groups is 1. The van der Waals surface area contributed by atoms with Crippen LogP contribution in [0.15, 0.2) is 0 Å². The molecule has 0 rings (SSSR count). The zero-order chi connectivity index (χ0) is 14.9. The van der Waals surface area contributed by atoms with Gasteiger partial charge < -0.3 is 16.0 Å². The topological polar surface area (TPSA) is 58.4 Å². The third-order valence-electron chi connectivity index (χ3n) is 4.10. The molecule has 4 nitrogen and oxygen atoms in total. The van der Waals surface area contributed by atoms with Crippen LogP contribution in [0.5, 0.6) is 0 Å². The Hall–Kier alpha value is -0.610. The van der Waals surface area contributed by atoms with Crippen LogP contribution in [-0.4, -0.2) is 42.0 Å². The van der Waals surface area contributed by atoms with Gasteiger partial charge in [-0.2, -0.15) is 0 Å². The van der Waals surface area contributed by atoms with Crippen molar-refractivity contribution in [3.8, 4) is 0 Å². The highest BCUT2D eigenvalue weighted by atomic mass is 16.1. The van der Waals surface area contributed by atoms with E-state index in [0.717, 1.165) is 38.9 Å². The summed E-state index contributed by atoms with van der Waals surface area (Å²) < 4.78 is 0. The van der Waals surface area contributed by atoms with E-state index in [9.17, 15) is 4.79 Å². The lowest BCUT2D eigenvalue weighted by Gasteiger charge is -2.29. The first-order chi connectivity index (χ1) is 8.91. The first kappa shape index (κ1) is 18.4. The second-order valence-electron chi connectivity index (χ2n) is 5.57. The molecule has 0 aliphatic heterocycles. The molecular weight excluding hydrogens is 238 g/mol. The Labute approximate surface area is 119 Å². The molecule has 4 heteroatoms. The highest BCUT2D eigenvalue weighted by Crippen LogP contribution is 2.14. The Morgan fingerprint density at radius 1 is 1.32 bits per heavy atom. The van der Waals surface area contributed by atoms with Crippen molar-refractivity contribution in [1.82, 2.24) is 10.2 Å². The number of hydrogen-bond acceptors (Lipinski definition) is 3. The molecule has 0 aliphatic rings. The second-order valence-corrected chi connectivity index (χ2v) is 5.57. The molecule has 0 aromatic carbocycles. The van der Waals surface area contributed by atoms with E-state index in [4.69, 9.17) is 5.73 Å². The smallest absolute Gasteiger partial charge is 0.237 e. The largest absolute Gasteiger partial charge is 0.368 e. The van der Waals surface area contributed by atoms with Gasteiger partial charge in [0.2, 0.25) is 5.91 Å². The van der Waals surface area contributed by atoms with E-state index in [2.05, 4.69) is 31.0 Å². The van der Waals surface area contributed by atoms with Crippen molar-refractivity contribution in [3.05, 3.63) is 0 Å². The van der Waals surface area contributed by atoms with Crippen molar-refractivity contribution in [2.24, 2.45) is 5.73 Å². The average Bonchev–Trinajstić information content (AvgIpc) is 2.38. The van der Waals surface area contributed by atoms with Crippen molar-refractivity contribution in [2.75, 3.05) is 19.6 Å². The Morgan fingerprint density at radius 2 is 1.95 bits per heavy atom. The third kappa shape index (κ3) is 6.39. The van der Waals surface area contributed by atoms with Crippen LogP contribution >= 0.6 is 0 Å². The van der Waals surface area contributed by atoms with Crippen LogP contribution in [0.3, 0.4) is 0 Å². The minimum Gasteiger partial charge on any atom is -0.368 e. The molecular formula is C15H33N3O. The van der Waals surface area contributed by atoms with E-state index in [1.807, 2.05) is 13.8 Å². The number of likely N-dealkylation sites (N-methyl/N-ethyl adjacent to an activating group) is 1. The number of nitrogens with zero attached hydrogens (tertiary/aromatic N) is 1. The second kappa shape index (κ2) is 9.32. The van der Waals surface area contributed by atoms with E-state index in [1.54, 1.807) is 0 Å². The summed E-state index contributed by atoms with van der Waals surface area (Å²) >= 11 is 0. The zero-order valence-corrected chi connectivity index (χ0v) is 13.5. The van der Waals surface area contributed by atoms with Crippen molar-refractivity contribution in [2.45, 2.75) is 71.9 Å². The standard InChI is InChI=1S/C15H33N3O/c1-6-13(4)18(8-3)12-10-9-11-15(5,14(16)19)17-7-2/h13,17H,6-12H2,1-5H3,(H2,16,19). The number of nitrogens with one attached hydrogen (secondary N) is 1. The minimum absolute atomic E-state index is 0.247. The summed E-state index contributed by atoms with van der Waals surface area (Å²) in [7, 11) is 0. The number of amides is 1. The van der Waals surface area contributed by atoms with E-state index < -0.39 is 5.54 Å². The van der Waals surface area contributed by atoms with Gasteiger partial charge in [0.25, 0.3) is 0 Å². The van der Waals surface area contributed by atoms with Crippen LogP contribution in [0, 0.1) is 0 Å². The molecule has 0 aliphatic carbocycles. The van der Waals surface area contributed by atoms with Gasteiger partial charge in [0, 0.05) is 6.04 Å². The molecule has 1 amide bonds. The van der Waals surface area contributed by atoms with Crippen LogP contribution in [0.1, 0.15) is 60.3 Å². The molecule has 3 N–H and O–H groups in total. The van der Waals surface area contributed by atoms with E-state index in [1.165, 1.54) is 6.42 Å². The lowest BCUT2D eigenvalue weighted by Crippen LogP contribution is -2.53. The summed E-state index contributed by atoms with van der Waals surface area (Å²) in [6, 6.07) is 0.640. The normalized spacial score (nSPS) is 16.3. The molecule has 0 aromatic rings. The maximum atomic E-state index is 11.5. The molecule has 2 atom stereocenters. The molecule has 19 heavy (non-hydrogen) atoms. The van der Waals surface area contributed by atoms with Crippen molar-refractivity contribution in [3.63, 3.8) is 0 Å². The fraction of sp³-hybridized carbons (Fsp3) is 0.933. The summed E-state index contributed by atoms with van der Waals surface area (Å²) in [5.74, 6) is -0.247. The van der Waals surface area contributed by atoms with Crippen LogP contribution < -0.4 is 11.1 Å². The molecule has 0 radical (unpaired) electrons. The van der Waals surface area contributed by atoms with E-state index >= 15 is 0 Å². The van der Waals surface area contributed by atoms with Crippen LogP contribution in [0.4, 0.5) is 0 Å². The highest BCUT2D eigenvalue weighted by Gasteiger charge is 2.28. The maximum Gasteiger partial charge on any atom is 0.237 e. The highest BCUT2D eigenvalue weighted by molar-refractivity contribution is 5.84. The molecule has 0 spiro atoms. The van der Waals surface area contributed by atoms with Crippen LogP contribution in [-0.2, 0) is 4.79 Å². The molecule has 0 saturated heterocycles. The Morgan fingerprint density at radius 3 is 2.37 bits per heavy atom. The number of nitrogens with two attached hydrogens (primary N) is 1. The molecule has 2 unspecified atom stereocenters. The number of carbonyl (C=O) groups excluding carboxylic acids is 1. The number of hydrogen-bond donors (Lipinski definition) is 2. The van der Waals surface area contributed by atoms with E-state index in [0.29, 0.717) is 6.04 Å². The molecule has 0 bridgehead atoms. The fourth-order valence-electron chi connectivity index (χ4n) is 2.43. The summed E-state index contributed by atoms with van der Waals surface area (Å²) in [5, 5.41) is 3.21. The van der Waals surface area contributed by atoms with Gasteiger partial charge in [-0.25, -0.2) is 0 Å². The van der Waals surface area contributed by atoms with Gasteiger partial charge in [-0.3, -0.25) is 4.79 Å². The number of primary amides is 1. The first-order valence-electron chi connectivity index (χ1n) is 7.70. The van der Waals surface area contributed by atoms with Crippen molar-refractivity contribution in [1.29, 1.82) is 0 Å². The van der Waals surface area contributed by atoms with Crippen LogP contribution in [0.2, 0.25) is 0 Å². The third-order valence-corrected chi connectivity index (χ3v) is 4.10. The maximum absolute atomic E-state index is 11.5. The van der Waals surface area contributed by atoms with Crippen molar-refractivity contribution >= 4 is 5.91 Å². The minimum atomic E-state index is -0.553. The van der Waals surface area contributed by atoms with Crippen molar-refractivity contribution < 1.29 is 4.79 Å². The fourth-order valence-corrected chi connectivity index (χ4v) is 2.43. The lowest BCUT2D eigenvalue weighted by molar-refractivity contribution is -0.124. The monoisotopic (exact) mass is 271 g/mol. The summed E-state index contributed by atoms with van der Waals surface area (Å²) in [4.78, 5) is 14.0. The summed E-state index contributed by atoms with van der Waals surface area (Å²) in [6.07, 6.45) is 4.14. The molecule has 0 saturated carbocycles. The summed E-state index contributed by atoms with van der Waals surface area (Å²) in [6.45, 7) is 13.6. The Bertz CT molecular complexity index is 258. The van der Waals surface area contributed by atoms with Gasteiger partial charge in [-0.05, 0) is 59.2 Å². The zero-order valence-electron chi connectivity index (χ0n) is 13.5. The van der Waals surface area contributed by atoms with Gasteiger partial charge in [0.1, 0.15) is 0 Å². The van der Waals surface area contributed by atoms with Gasteiger partial charge in [-0.15, -0.1) is 0 Å². The lowest BCUT2D eigenvalue weighted by atomic mass is 9.94. The quantitative estimate of drug-likeness (QED) is 0.566.